The summed E-state index contributed by atoms with van der Waals surface area (Å²) in [6.45, 7) is 0.0124. The van der Waals surface area contributed by atoms with Gasteiger partial charge in [-0.2, -0.15) is 0 Å². The third-order valence-electron chi connectivity index (χ3n) is 4.21. The molecule has 0 saturated heterocycles. The van der Waals surface area contributed by atoms with Crippen molar-refractivity contribution in [2.75, 3.05) is 27.8 Å². The molecule has 2 aliphatic rings. The third kappa shape index (κ3) is 2.15. The summed E-state index contributed by atoms with van der Waals surface area (Å²) in [6, 6.07) is 3.07. The van der Waals surface area contributed by atoms with E-state index in [9.17, 15) is 9.59 Å². The summed E-state index contributed by atoms with van der Waals surface area (Å²) < 4.78 is 32.6. The molecule has 0 aliphatic carbocycles. The van der Waals surface area contributed by atoms with E-state index < -0.39 is 0 Å². The Kier molecular flexibility index (Phi) is 3.80. The van der Waals surface area contributed by atoms with E-state index >= 15 is 0 Å². The van der Waals surface area contributed by atoms with Gasteiger partial charge < -0.3 is 28.4 Å². The van der Waals surface area contributed by atoms with Crippen LogP contribution in [0, 0.1) is 0 Å². The molecule has 26 heavy (non-hydrogen) atoms. The molecule has 0 radical (unpaired) electrons. The Morgan fingerprint density at radius 2 is 1.19 bits per heavy atom. The molecule has 4 rings (SSSR count). The summed E-state index contributed by atoms with van der Waals surface area (Å²) in [5, 5.41) is 0. The average Bonchev–Trinajstić information content (AvgIpc) is 3.33. The molecule has 134 valence electrons. The number of ether oxygens (including phenoxy) is 6. The Hall–Kier alpha value is -3.42. The van der Waals surface area contributed by atoms with Gasteiger partial charge in [-0.05, 0) is 12.1 Å². The minimum absolute atomic E-state index is 0.00621. The van der Waals surface area contributed by atoms with E-state index in [-0.39, 0.29) is 36.2 Å². The van der Waals surface area contributed by atoms with Crippen molar-refractivity contribution in [1.82, 2.24) is 0 Å². The van der Waals surface area contributed by atoms with Crippen LogP contribution >= 0.6 is 0 Å². The van der Waals surface area contributed by atoms with Crippen LogP contribution in [-0.4, -0.2) is 40.4 Å². The predicted molar refractivity (Wildman–Crippen MR) is 88.0 cm³/mol. The summed E-state index contributed by atoms with van der Waals surface area (Å²) >= 11 is 0. The van der Waals surface area contributed by atoms with Crippen LogP contribution in [0.3, 0.4) is 0 Å². The second-order valence-electron chi connectivity index (χ2n) is 5.45. The molecule has 0 saturated carbocycles. The minimum atomic E-state index is 0.00621. The van der Waals surface area contributed by atoms with Gasteiger partial charge in [0.2, 0.25) is 25.1 Å². The third-order valence-corrected chi connectivity index (χ3v) is 4.21. The molecule has 2 aromatic carbocycles. The Morgan fingerprint density at radius 1 is 0.769 bits per heavy atom. The normalized spacial score (nSPS) is 13.5. The SMILES string of the molecule is COc1c2c(cc(C=O)c1-c1c(C=O)cc3c(c1OC)OCO3)OCO2. The van der Waals surface area contributed by atoms with Crippen molar-refractivity contribution in [3.8, 4) is 45.6 Å². The Bertz CT molecular complexity index is 843. The largest absolute Gasteiger partial charge is 0.492 e. The number of aldehydes is 2. The maximum absolute atomic E-state index is 11.8. The van der Waals surface area contributed by atoms with E-state index in [2.05, 4.69) is 0 Å². The van der Waals surface area contributed by atoms with Gasteiger partial charge in [0, 0.05) is 22.3 Å². The van der Waals surface area contributed by atoms with Gasteiger partial charge >= 0.3 is 0 Å². The number of hydrogen-bond donors (Lipinski definition) is 0. The van der Waals surface area contributed by atoms with Gasteiger partial charge in [0.25, 0.3) is 0 Å². The van der Waals surface area contributed by atoms with Crippen molar-refractivity contribution in [1.29, 1.82) is 0 Å². The molecule has 0 unspecified atom stereocenters. The highest BCUT2D eigenvalue weighted by molar-refractivity contribution is 6.02. The fourth-order valence-electron chi connectivity index (χ4n) is 3.15. The lowest BCUT2D eigenvalue weighted by atomic mass is 9.92. The lowest BCUT2D eigenvalue weighted by Gasteiger charge is -2.18. The first-order chi connectivity index (χ1) is 12.7. The maximum Gasteiger partial charge on any atom is 0.231 e. The molecule has 2 aromatic rings. The van der Waals surface area contributed by atoms with Crippen LogP contribution in [0.15, 0.2) is 12.1 Å². The zero-order valence-electron chi connectivity index (χ0n) is 14.0. The number of benzene rings is 2. The van der Waals surface area contributed by atoms with Crippen LogP contribution in [0.5, 0.6) is 34.5 Å². The molecule has 8 heteroatoms. The number of rotatable bonds is 5. The van der Waals surface area contributed by atoms with E-state index in [0.29, 0.717) is 46.7 Å². The van der Waals surface area contributed by atoms with Crippen LogP contribution < -0.4 is 28.4 Å². The molecule has 0 amide bonds. The van der Waals surface area contributed by atoms with Gasteiger partial charge in [-0.15, -0.1) is 0 Å². The van der Waals surface area contributed by atoms with Crippen molar-refractivity contribution in [3.63, 3.8) is 0 Å². The monoisotopic (exact) mass is 358 g/mol. The van der Waals surface area contributed by atoms with Gasteiger partial charge in [0.1, 0.15) is 0 Å². The topological polar surface area (TPSA) is 89.5 Å². The lowest BCUT2D eigenvalue weighted by molar-refractivity contribution is 0.111. The highest BCUT2D eigenvalue weighted by Gasteiger charge is 2.32. The standard InChI is InChI=1S/C18H14O8/c1-21-17-13(9(5-19)3-11-15(17)25-7-23-11)14-10(6-20)4-12-16(18(14)22-2)26-8-24-12/h3-6H,7-8H2,1-2H3. The molecular weight excluding hydrogens is 344 g/mol. The first-order valence-corrected chi connectivity index (χ1v) is 7.65. The lowest BCUT2D eigenvalue weighted by Crippen LogP contribution is -2.01. The summed E-state index contributed by atoms with van der Waals surface area (Å²) in [7, 11) is 2.88. The Morgan fingerprint density at radius 3 is 1.54 bits per heavy atom. The summed E-state index contributed by atoms with van der Waals surface area (Å²) in [6.07, 6.45) is 1.30. The molecule has 0 spiro atoms. The Labute approximate surface area is 148 Å². The van der Waals surface area contributed by atoms with Gasteiger partial charge in [0.15, 0.2) is 35.6 Å². The molecule has 8 nitrogen and oxygen atoms in total. The number of fused-ring (bicyclic) bond motifs is 2. The quantitative estimate of drug-likeness (QED) is 0.753. The van der Waals surface area contributed by atoms with Gasteiger partial charge in [0.05, 0.1) is 14.2 Å². The molecule has 0 aromatic heterocycles. The van der Waals surface area contributed by atoms with Crippen molar-refractivity contribution in [2.24, 2.45) is 0 Å². The second-order valence-corrected chi connectivity index (χ2v) is 5.45. The zero-order chi connectivity index (χ0) is 18.3. The summed E-state index contributed by atoms with van der Waals surface area (Å²) in [4.78, 5) is 23.5. The fourth-order valence-corrected chi connectivity index (χ4v) is 3.15. The van der Waals surface area contributed by atoms with Gasteiger partial charge in [-0.25, -0.2) is 0 Å². The van der Waals surface area contributed by atoms with Crippen LogP contribution in [-0.2, 0) is 0 Å². The number of carbonyl (C=O) groups is 2. The van der Waals surface area contributed by atoms with Crippen molar-refractivity contribution in [2.45, 2.75) is 0 Å². The van der Waals surface area contributed by atoms with Crippen LogP contribution in [0.4, 0.5) is 0 Å². The predicted octanol–water partition coefficient (Wildman–Crippen LogP) is 2.45. The summed E-state index contributed by atoms with van der Waals surface area (Å²) in [5.41, 5.74) is 1.21. The molecule has 0 N–H and O–H groups in total. The van der Waals surface area contributed by atoms with Crippen LogP contribution in [0.25, 0.3) is 11.1 Å². The second kappa shape index (κ2) is 6.14. The van der Waals surface area contributed by atoms with Gasteiger partial charge in [-0.3, -0.25) is 9.59 Å². The van der Waals surface area contributed by atoms with Crippen LogP contribution in [0.2, 0.25) is 0 Å². The van der Waals surface area contributed by atoms with Crippen molar-refractivity contribution >= 4 is 12.6 Å². The highest BCUT2D eigenvalue weighted by atomic mass is 16.7. The van der Waals surface area contributed by atoms with E-state index in [4.69, 9.17) is 28.4 Å². The fraction of sp³-hybridized carbons (Fsp3) is 0.222. The minimum Gasteiger partial charge on any atom is -0.492 e. The Balaban J connectivity index is 2.11. The van der Waals surface area contributed by atoms with E-state index in [0.717, 1.165) is 0 Å². The zero-order valence-corrected chi connectivity index (χ0v) is 14.0. The number of hydrogen-bond acceptors (Lipinski definition) is 8. The number of carbonyl (C=O) groups excluding carboxylic acids is 2. The van der Waals surface area contributed by atoms with Crippen molar-refractivity contribution < 1.29 is 38.0 Å². The highest BCUT2D eigenvalue weighted by Crippen LogP contribution is 2.55. The van der Waals surface area contributed by atoms with E-state index in [1.807, 2.05) is 0 Å². The van der Waals surface area contributed by atoms with E-state index in [1.165, 1.54) is 26.4 Å². The first kappa shape index (κ1) is 16.1. The first-order valence-electron chi connectivity index (χ1n) is 7.65. The number of methoxy groups -OCH3 is 2. The smallest absolute Gasteiger partial charge is 0.231 e. The van der Waals surface area contributed by atoms with E-state index in [1.54, 1.807) is 0 Å². The molecule has 0 atom stereocenters. The molecule has 2 aliphatic heterocycles. The van der Waals surface area contributed by atoms with Crippen molar-refractivity contribution in [3.05, 3.63) is 23.3 Å². The molecule has 0 fully saturated rings. The molecule has 0 bridgehead atoms. The maximum atomic E-state index is 11.8. The summed E-state index contributed by atoms with van der Waals surface area (Å²) in [5.74, 6) is 2.01. The molecule has 2 heterocycles. The van der Waals surface area contributed by atoms with Crippen LogP contribution in [0.1, 0.15) is 20.7 Å². The van der Waals surface area contributed by atoms with Gasteiger partial charge in [-0.1, -0.05) is 0 Å². The average molecular weight is 358 g/mol. The molecular formula is C18H14O8.